The molecule has 0 saturated heterocycles. The van der Waals surface area contributed by atoms with Gasteiger partial charge < -0.3 is 9.64 Å². The fraction of sp³-hybridized carbons (Fsp3) is 0.188. The maximum absolute atomic E-state index is 13.5. The summed E-state index contributed by atoms with van der Waals surface area (Å²) in [5.74, 6) is -1.13. The molecule has 23 heavy (non-hydrogen) atoms. The number of hydrogen-bond acceptors (Lipinski definition) is 4. The first kappa shape index (κ1) is 15.5. The molecule has 1 heterocycles. The zero-order chi connectivity index (χ0) is 16.4. The molecule has 1 amide bonds. The molecular weight excluding hydrogens is 321 g/mol. The maximum atomic E-state index is 13.5. The summed E-state index contributed by atoms with van der Waals surface area (Å²) in [7, 11) is -3.38. The molecule has 0 aliphatic carbocycles. The number of anilines is 1. The minimum Gasteiger partial charge on any atom is -0.481 e. The Kier molecular flexibility index (Phi) is 4.04. The SMILES string of the molecule is O=C(COc1ccccc1F)N1CCS(=O)(=O)c2ccccc21. The van der Waals surface area contributed by atoms with Crippen LogP contribution < -0.4 is 9.64 Å². The summed E-state index contributed by atoms with van der Waals surface area (Å²) in [5.41, 5.74) is 0.334. The summed E-state index contributed by atoms with van der Waals surface area (Å²) in [5, 5.41) is 0. The Labute approximate surface area is 133 Å². The lowest BCUT2D eigenvalue weighted by Crippen LogP contribution is -2.42. The van der Waals surface area contributed by atoms with Crippen molar-refractivity contribution in [2.45, 2.75) is 4.90 Å². The number of rotatable bonds is 3. The van der Waals surface area contributed by atoms with Crippen LogP contribution in [0.3, 0.4) is 0 Å². The van der Waals surface area contributed by atoms with E-state index in [1.54, 1.807) is 24.3 Å². The Hall–Kier alpha value is -2.41. The topological polar surface area (TPSA) is 63.7 Å². The monoisotopic (exact) mass is 335 g/mol. The van der Waals surface area contributed by atoms with Crippen LogP contribution in [-0.4, -0.2) is 33.2 Å². The van der Waals surface area contributed by atoms with E-state index < -0.39 is 21.6 Å². The van der Waals surface area contributed by atoms with E-state index in [0.29, 0.717) is 5.69 Å². The predicted molar refractivity (Wildman–Crippen MR) is 82.7 cm³/mol. The van der Waals surface area contributed by atoms with Gasteiger partial charge in [0.05, 0.1) is 16.3 Å². The Bertz CT molecular complexity index is 851. The van der Waals surface area contributed by atoms with Crippen LogP contribution in [0, 0.1) is 5.82 Å². The van der Waals surface area contributed by atoms with Gasteiger partial charge in [-0.15, -0.1) is 0 Å². The maximum Gasteiger partial charge on any atom is 0.264 e. The number of amides is 1. The molecule has 0 atom stereocenters. The van der Waals surface area contributed by atoms with Crippen LogP contribution >= 0.6 is 0 Å². The molecule has 0 N–H and O–H groups in total. The lowest BCUT2D eigenvalue weighted by molar-refractivity contribution is -0.120. The largest absolute Gasteiger partial charge is 0.481 e. The van der Waals surface area contributed by atoms with E-state index in [-0.39, 0.29) is 29.5 Å². The molecule has 2 aromatic rings. The Balaban J connectivity index is 1.80. The number of fused-ring (bicyclic) bond motifs is 1. The molecule has 2 aromatic carbocycles. The summed E-state index contributed by atoms with van der Waals surface area (Å²) in [6, 6.07) is 12.1. The van der Waals surface area contributed by atoms with Crippen LogP contribution in [0.5, 0.6) is 5.75 Å². The van der Waals surface area contributed by atoms with E-state index >= 15 is 0 Å². The summed E-state index contributed by atoms with van der Waals surface area (Å²) in [6.45, 7) is -0.311. The van der Waals surface area contributed by atoms with Crippen LogP contribution in [-0.2, 0) is 14.6 Å². The van der Waals surface area contributed by atoms with Crippen molar-refractivity contribution >= 4 is 21.4 Å². The lowest BCUT2D eigenvalue weighted by Gasteiger charge is -2.29. The second-order valence-corrected chi connectivity index (χ2v) is 7.13. The van der Waals surface area contributed by atoms with E-state index in [1.807, 2.05) is 0 Å². The third-order valence-corrected chi connectivity index (χ3v) is 5.30. The second kappa shape index (κ2) is 6.00. The summed E-state index contributed by atoms with van der Waals surface area (Å²) >= 11 is 0. The van der Waals surface area contributed by atoms with Gasteiger partial charge in [-0.3, -0.25) is 4.79 Å². The fourth-order valence-electron chi connectivity index (χ4n) is 2.42. The number of hydrogen-bond donors (Lipinski definition) is 0. The van der Waals surface area contributed by atoms with Gasteiger partial charge in [0.1, 0.15) is 0 Å². The fourth-order valence-corrected chi connectivity index (χ4v) is 3.85. The zero-order valence-electron chi connectivity index (χ0n) is 12.1. The third kappa shape index (κ3) is 3.05. The highest BCUT2D eigenvalue weighted by Crippen LogP contribution is 2.30. The molecule has 1 aliphatic rings. The van der Waals surface area contributed by atoms with Crippen LogP contribution in [0.2, 0.25) is 0 Å². The molecule has 1 aliphatic heterocycles. The summed E-state index contributed by atoms with van der Waals surface area (Å²) < 4.78 is 42.8. The number of ether oxygens (including phenoxy) is 1. The zero-order valence-corrected chi connectivity index (χ0v) is 12.9. The van der Waals surface area contributed by atoms with E-state index in [0.717, 1.165) is 0 Å². The first-order valence-electron chi connectivity index (χ1n) is 6.98. The van der Waals surface area contributed by atoms with Crippen molar-refractivity contribution in [3.63, 3.8) is 0 Å². The van der Waals surface area contributed by atoms with Crippen molar-refractivity contribution in [1.29, 1.82) is 0 Å². The van der Waals surface area contributed by atoms with Crippen molar-refractivity contribution in [1.82, 2.24) is 0 Å². The number of halogens is 1. The van der Waals surface area contributed by atoms with Gasteiger partial charge in [0.2, 0.25) is 0 Å². The van der Waals surface area contributed by atoms with Crippen LogP contribution in [0.4, 0.5) is 10.1 Å². The molecular formula is C16H14FNO4S. The van der Waals surface area contributed by atoms with Crippen molar-refractivity contribution < 1.29 is 22.3 Å². The summed E-state index contributed by atoms with van der Waals surface area (Å²) in [6.07, 6.45) is 0. The average molecular weight is 335 g/mol. The van der Waals surface area contributed by atoms with Crippen molar-refractivity contribution in [2.75, 3.05) is 23.8 Å². The minimum absolute atomic E-state index is 0.0150. The van der Waals surface area contributed by atoms with E-state index in [2.05, 4.69) is 0 Å². The van der Waals surface area contributed by atoms with Gasteiger partial charge in [0, 0.05) is 6.54 Å². The molecule has 0 aromatic heterocycles. The quantitative estimate of drug-likeness (QED) is 0.861. The molecule has 0 spiro atoms. The molecule has 120 valence electrons. The highest BCUT2D eigenvalue weighted by atomic mass is 32.2. The third-order valence-electron chi connectivity index (χ3n) is 3.56. The molecule has 0 unspecified atom stereocenters. The van der Waals surface area contributed by atoms with Crippen molar-refractivity contribution in [2.24, 2.45) is 0 Å². The van der Waals surface area contributed by atoms with E-state index in [4.69, 9.17) is 4.74 Å². The average Bonchev–Trinajstić information content (AvgIpc) is 2.54. The standard InChI is InChI=1S/C16H14FNO4S/c17-12-5-1-3-7-14(12)22-11-16(19)18-9-10-23(20,21)15-8-4-2-6-13(15)18/h1-8H,9-11H2. The van der Waals surface area contributed by atoms with Gasteiger partial charge >= 0.3 is 0 Å². The molecule has 5 nitrogen and oxygen atoms in total. The number of nitrogens with zero attached hydrogens (tertiary/aromatic N) is 1. The Morgan fingerprint density at radius 2 is 1.83 bits per heavy atom. The molecule has 0 bridgehead atoms. The lowest BCUT2D eigenvalue weighted by atomic mass is 10.2. The van der Waals surface area contributed by atoms with E-state index in [1.165, 1.54) is 29.2 Å². The molecule has 7 heteroatoms. The van der Waals surface area contributed by atoms with Gasteiger partial charge in [-0.2, -0.15) is 0 Å². The number of benzene rings is 2. The van der Waals surface area contributed by atoms with Gasteiger partial charge in [0.25, 0.3) is 5.91 Å². The van der Waals surface area contributed by atoms with Crippen molar-refractivity contribution in [3.8, 4) is 5.75 Å². The number of sulfone groups is 1. The summed E-state index contributed by atoms with van der Waals surface area (Å²) in [4.78, 5) is 13.8. The van der Waals surface area contributed by atoms with E-state index in [9.17, 15) is 17.6 Å². The number of para-hydroxylation sites is 2. The van der Waals surface area contributed by atoms with Gasteiger partial charge in [-0.1, -0.05) is 24.3 Å². The second-order valence-electron chi connectivity index (χ2n) is 5.05. The molecule has 0 radical (unpaired) electrons. The highest BCUT2D eigenvalue weighted by Gasteiger charge is 2.31. The first-order valence-corrected chi connectivity index (χ1v) is 8.64. The smallest absolute Gasteiger partial charge is 0.264 e. The first-order chi connectivity index (χ1) is 11.0. The van der Waals surface area contributed by atoms with Gasteiger partial charge in [-0.25, -0.2) is 12.8 Å². The van der Waals surface area contributed by atoms with Crippen LogP contribution in [0.25, 0.3) is 0 Å². The highest BCUT2D eigenvalue weighted by molar-refractivity contribution is 7.91. The van der Waals surface area contributed by atoms with Crippen LogP contribution in [0.15, 0.2) is 53.4 Å². The Morgan fingerprint density at radius 1 is 1.13 bits per heavy atom. The van der Waals surface area contributed by atoms with Crippen LogP contribution in [0.1, 0.15) is 0 Å². The predicted octanol–water partition coefficient (Wildman–Crippen LogP) is 2.02. The molecule has 3 rings (SSSR count). The number of carbonyl (C=O) groups is 1. The van der Waals surface area contributed by atoms with Gasteiger partial charge in [-0.05, 0) is 24.3 Å². The minimum atomic E-state index is -3.38. The van der Waals surface area contributed by atoms with Crippen molar-refractivity contribution in [3.05, 3.63) is 54.3 Å². The normalized spacial score (nSPS) is 15.8. The Morgan fingerprint density at radius 3 is 2.61 bits per heavy atom. The molecule has 0 saturated carbocycles. The molecule has 0 fully saturated rings. The van der Waals surface area contributed by atoms with Gasteiger partial charge in [0.15, 0.2) is 28.0 Å². The number of carbonyl (C=O) groups excluding carboxylic acids is 1.